The largest absolute Gasteiger partial charge is 0.498 e. The van der Waals surface area contributed by atoms with Crippen LogP contribution in [-0.4, -0.2) is 71.5 Å². The Hall–Kier alpha value is -1.85. The number of unbranched alkanes of at least 4 members (excludes halogenated alkanes) is 15. The molecule has 1 aliphatic carbocycles. The normalized spacial score (nSPS) is 20.1. The summed E-state index contributed by atoms with van der Waals surface area (Å²) in [7, 11) is -4.36. The van der Waals surface area contributed by atoms with Gasteiger partial charge in [-0.05, 0) is 44.6 Å². The van der Waals surface area contributed by atoms with Crippen molar-refractivity contribution < 1.29 is 47.8 Å². The SMILES string of the molecule is CCCCCCCCCCCCCC/C=C/OC[C@H](COP(=O)(O)OCCN)OC(=O)CCC/C=C\C[C@H]1[C@@H](O)CC(=O)[C@@H]1/C=C/[C@@H](O)CCCCC. The predicted molar refractivity (Wildman–Crippen MR) is 211 cm³/mol. The Kier molecular flexibility index (Phi) is 30.1. The highest BCUT2D eigenvalue weighted by atomic mass is 31.2. The van der Waals surface area contributed by atoms with E-state index in [4.69, 9.17) is 24.3 Å². The number of esters is 1. The summed E-state index contributed by atoms with van der Waals surface area (Å²) in [6.07, 6.45) is 30.4. The molecule has 11 nitrogen and oxygen atoms in total. The zero-order chi connectivity index (χ0) is 39.0. The number of carbonyl (C=O) groups excluding carboxylic acids is 2. The highest BCUT2D eigenvalue weighted by Gasteiger charge is 2.39. The van der Waals surface area contributed by atoms with Crippen LogP contribution in [0.15, 0.2) is 36.6 Å². The number of phosphoric acid groups is 1. The lowest BCUT2D eigenvalue weighted by atomic mass is 9.90. The Bertz CT molecular complexity index is 1070. The molecule has 12 heteroatoms. The van der Waals surface area contributed by atoms with E-state index in [1.54, 1.807) is 18.4 Å². The summed E-state index contributed by atoms with van der Waals surface area (Å²) < 4.78 is 33.1. The molecule has 53 heavy (non-hydrogen) atoms. The summed E-state index contributed by atoms with van der Waals surface area (Å²) >= 11 is 0. The number of Topliss-reactive ketones (excluding diaryl/α,β-unsaturated/α-hetero) is 1. The highest BCUT2D eigenvalue weighted by Crippen LogP contribution is 2.43. The van der Waals surface area contributed by atoms with E-state index < -0.39 is 38.0 Å². The van der Waals surface area contributed by atoms with E-state index in [1.807, 2.05) is 18.2 Å². The molecular weight excluding hydrogens is 697 g/mol. The molecule has 1 rings (SSSR count). The van der Waals surface area contributed by atoms with Gasteiger partial charge in [-0.3, -0.25) is 18.6 Å². The van der Waals surface area contributed by atoms with Crippen molar-refractivity contribution in [3.05, 3.63) is 36.6 Å². The Morgan fingerprint density at radius 1 is 0.868 bits per heavy atom. The zero-order valence-corrected chi connectivity index (χ0v) is 33.9. The molecule has 1 unspecified atom stereocenters. The molecule has 0 saturated heterocycles. The fraction of sp³-hybridized carbons (Fsp3) is 0.805. The van der Waals surface area contributed by atoms with Gasteiger partial charge < -0.3 is 30.3 Å². The van der Waals surface area contributed by atoms with E-state index in [0.717, 1.165) is 32.1 Å². The van der Waals surface area contributed by atoms with Crippen molar-refractivity contribution in [2.24, 2.45) is 17.6 Å². The zero-order valence-electron chi connectivity index (χ0n) is 33.0. The number of aliphatic hydroxyl groups excluding tert-OH is 2. The molecule has 0 radical (unpaired) electrons. The molecule has 1 saturated carbocycles. The van der Waals surface area contributed by atoms with E-state index in [9.17, 15) is 29.3 Å². The molecule has 0 aliphatic heterocycles. The lowest BCUT2D eigenvalue weighted by Crippen LogP contribution is -2.27. The molecule has 0 aromatic carbocycles. The first-order chi connectivity index (χ1) is 25.6. The number of hydrogen-bond donors (Lipinski definition) is 4. The molecule has 0 heterocycles. The molecule has 0 amide bonds. The van der Waals surface area contributed by atoms with E-state index >= 15 is 0 Å². The number of allylic oxidation sites excluding steroid dienone is 4. The molecule has 308 valence electrons. The van der Waals surface area contributed by atoms with Crippen LogP contribution < -0.4 is 5.73 Å². The number of aliphatic hydroxyl groups is 2. The minimum atomic E-state index is -4.36. The minimum Gasteiger partial charge on any atom is -0.498 e. The Balaban J connectivity index is 2.42. The number of ether oxygens (including phenoxy) is 2. The van der Waals surface area contributed by atoms with Crippen LogP contribution in [0.25, 0.3) is 0 Å². The van der Waals surface area contributed by atoms with Gasteiger partial charge >= 0.3 is 13.8 Å². The number of hydrogen-bond acceptors (Lipinski definition) is 10. The second-order valence-electron chi connectivity index (χ2n) is 14.4. The summed E-state index contributed by atoms with van der Waals surface area (Å²) in [5.74, 6) is -1.19. The number of ketones is 1. The molecule has 6 atom stereocenters. The van der Waals surface area contributed by atoms with Crippen molar-refractivity contribution in [3.8, 4) is 0 Å². The van der Waals surface area contributed by atoms with Gasteiger partial charge in [-0.15, -0.1) is 0 Å². The van der Waals surface area contributed by atoms with E-state index in [2.05, 4.69) is 13.8 Å². The fourth-order valence-electron chi connectivity index (χ4n) is 6.35. The van der Waals surface area contributed by atoms with Crippen molar-refractivity contribution in [2.75, 3.05) is 26.4 Å². The summed E-state index contributed by atoms with van der Waals surface area (Å²) in [5.41, 5.74) is 5.35. The van der Waals surface area contributed by atoms with Crippen LogP contribution in [-0.2, 0) is 32.7 Å². The lowest BCUT2D eigenvalue weighted by molar-refractivity contribution is -0.153. The van der Waals surface area contributed by atoms with Gasteiger partial charge in [-0.2, -0.15) is 0 Å². The molecule has 0 bridgehead atoms. The monoisotopic (exact) mass is 772 g/mol. The van der Waals surface area contributed by atoms with Gasteiger partial charge in [-0.25, -0.2) is 4.57 Å². The summed E-state index contributed by atoms with van der Waals surface area (Å²) in [6, 6.07) is 0. The first kappa shape index (κ1) is 49.2. The van der Waals surface area contributed by atoms with Gasteiger partial charge in [0.1, 0.15) is 12.4 Å². The number of carbonyl (C=O) groups is 2. The molecule has 0 aromatic rings. The van der Waals surface area contributed by atoms with Crippen molar-refractivity contribution in [3.63, 3.8) is 0 Å². The average molecular weight is 772 g/mol. The number of phosphoric ester groups is 1. The predicted octanol–water partition coefficient (Wildman–Crippen LogP) is 8.79. The molecule has 0 spiro atoms. The summed E-state index contributed by atoms with van der Waals surface area (Å²) in [4.78, 5) is 35.0. The third-order valence-corrected chi connectivity index (χ3v) is 10.5. The van der Waals surface area contributed by atoms with E-state index in [-0.39, 0.29) is 50.9 Å². The fourth-order valence-corrected chi connectivity index (χ4v) is 7.12. The van der Waals surface area contributed by atoms with E-state index in [1.165, 1.54) is 70.6 Å². The van der Waals surface area contributed by atoms with Crippen molar-refractivity contribution in [1.29, 1.82) is 0 Å². The van der Waals surface area contributed by atoms with Crippen LogP contribution in [0.5, 0.6) is 0 Å². The maximum absolute atomic E-state index is 12.6. The third kappa shape index (κ3) is 26.6. The Morgan fingerprint density at radius 2 is 1.49 bits per heavy atom. The molecule has 5 N–H and O–H groups in total. The third-order valence-electron chi connectivity index (χ3n) is 9.50. The highest BCUT2D eigenvalue weighted by molar-refractivity contribution is 7.47. The molecule has 0 aromatic heterocycles. The Labute approximate surface area is 320 Å². The van der Waals surface area contributed by atoms with E-state index in [0.29, 0.717) is 25.7 Å². The number of nitrogens with two attached hydrogens (primary N) is 1. The Morgan fingerprint density at radius 3 is 2.15 bits per heavy atom. The standard InChI is InChI=1S/C41H74NO10P/c1-3-5-7-8-9-10-11-12-13-14-15-16-19-23-30-49-33-36(34-51-53(47,48)50-31-29-42)52-41(46)26-22-18-17-21-25-37-38(40(45)32-39(37)44)28-27-35(43)24-20-6-4-2/h17,21,23,27-28,30,35-39,43-44H,3-16,18-20,22,24-26,29,31-34,42H2,1-2H3,(H,47,48)/b21-17-,28-27+,30-23+/t35-,36+,37+,38+,39-/m0/s1. The second-order valence-corrected chi connectivity index (χ2v) is 15.8. The molecule has 1 fully saturated rings. The van der Waals surface area contributed by atoms with Crippen LogP contribution in [0.2, 0.25) is 0 Å². The van der Waals surface area contributed by atoms with Crippen molar-refractivity contribution in [1.82, 2.24) is 0 Å². The first-order valence-electron chi connectivity index (χ1n) is 20.6. The van der Waals surface area contributed by atoms with Crippen molar-refractivity contribution in [2.45, 2.75) is 173 Å². The maximum Gasteiger partial charge on any atom is 0.472 e. The van der Waals surface area contributed by atoms with Crippen LogP contribution >= 0.6 is 7.82 Å². The topological polar surface area (TPSA) is 175 Å². The first-order valence-corrected chi connectivity index (χ1v) is 22.1. The quantitative estimate of drug-likeness (QED) is 0.0159. The van der Waals surface area contributed by atoms with Crippen LogP contribution in [0.1, 0.15) is 155 Å². The van der Waals surface area contributed by atoms with Gasteiger partial charge in [-0.1, -0.05) is 128 Å². The molecular formula is C41H74NO10P. The average Bonchev–Trinajstić information content (AvgIpc) is 3.40. The van der Waals surface area contributed by atoms with Crippen molar-refractivity contribution >= 4 is 19.6 Å². The summed E-state index contributed by atoms with van der Waals surface area (Å²) in [5, 5.41) is 20.7. The van der Waals surface area contributed by atoms with Gasteiger partial charge in [0.25, 0.3) is 0 Å². The maximum atomic E-state index is 12.6. The van der Waals surface area contributed by atoms with Crippen LogP contribution in [0, 0.1) is 11.8 Å². The van der Waals surface area contributed by atoms with Crippen LogP contribution in [0.3, 0.4) is 0 Å². The number of rotatable bonds is 35. The smallest absolute Gasteiger partial charge is 0.472 e. The second kappa shape index (κ2) is 32.4. The van der Waals surface area contributed by atoms with Gasteiger partial charge in [0.15, 0.2) is 6.10 Å². The van der Waals surface area contributed by atoms with Gasteiger partial charge in [0, 0.05) is 31.2 Å². The van der Waals surface area contributed by atoms with Gasteiger partial charge in [0.05, 0.1) is 31.7 Å². The van der Waals surface area contributed by atoms with Crippen LogP contribution in [0.4, 0.5) is 0 Å². The lowest BCUT2D eigenvalue weighted by Gasteiger charge is -2.19. The summed E-state index contributed by atoms with van der Waals surface area (Å²) in [6.45, 7) is 3.82. The minimum absolute atomic E-state index is 0.0169. The molecule has 1 aliphatic rings. The van der Waals surface area contributed by atoms with Gasteiger partial charge in [0.2, 0.25) is 0 Å².